The van der Waals surface area contributed by atoms with E-state index in [1.165, 1.54) is 6.42 Å². The number of aliphatic hydroxyl groups excluding tert-OH is 2. The highest BCUT2D eigenvalue weighted by molar-refractivity contribution is 6.21. The highest BCUT2D eigenvalue weighted by Crippen LogP contribution is 2.44. The lowest BCUT2D eigenvalue weighted by atomic mass is 10.1. The molecule has 368 valence electrons. The van der Waals surface area contributed by atoms with E-state index in [9.17, 15) is 19.8 Å². The number of pyridine rings is 2. The number of morpholine rings is 1. The first-order valence-corrected chi connectivity index (χ1v) is 23.4. The van der Waals surface area contributed by atoms with Gasteiger partial charge in [0.1, 0.15) is 48.5 Å². The molecule has 2 fully saturated rings. The molecule has 4 aromatic rings. The Labute approximate surface area is 405 Å². The van der Waals surface area contributed by atoms with E-state index in [1.807, 2.05) is 28.0 Å². The minimum absolute atomic E-state index is 0.104. The summed E-state index contributed by atoms with van der Waals surface area (Å²) in [4.78, 5) is 61.3. The Kier molecular flexibility index (Phi) is 14.9. The largest absolute Gasteiger partial charge is 0.491 e. The molecule has 2 amide bonds. The number of amides is 2. The van der Waals surface area contributed by atoms with Crippen molar-refractivity contribution in [2.24, 2.45) is 20.0 Å². The summed E-state index contributed by atoms with van der Waals surface area (Å²) in [7, 11) is 3.09. The molecule has 6 aliphatic rings. The first-order chi connectivity index (χ1) is 34.1. The number of guanidine groups is 2. The number of hydrogen-bond donors (Lipinski definition) is 4. The van der Waals surface area contributed by atoms with Crippen LogP contribution in [0.3, 0.4) is 0 Å². The lowest BCUT2D eigenvalue weighted by molar-refractivity contribution is 0.00445. The number of rotatable bonds is 14. The number of ether oxygens (including phenoxy) is 5. The molecule has 2 aromatic heterocycles. The summed E-state index contributed by atoms with van der Waals surface area (Å²) in [6, 6.07) is 14.3. The highest BCUT2D eigenvalue weighted by Gasteiger charge is 2.36. The molecular formula is C49H58N12O9. The number of nitrogens with one attached hydrogen (secondary N) is 2. The van der Waals surface area contributed by atoms with Gasteiger partial charge in [-0.1, -0.05) is 0 Å². The molecular weight excluding hydrogens is 901 g/mol. The number of amidine groups is 2. The molecule has 0 aliphatic carbocycles. The number of aryl methyl sites for hydroxylation is 2. The molecule has 21 heteroatoms. The number of fused-ring (bicyclic) bond motifs is 6. The van der Waals surface area contributed by atoms with Gasteiger partial charge >= 0.3 is 0 Å². The van der Waals surface area contributed by atoms with E-state index in [2.05, 4.69) is 40.4 Å². The standard InChI is InChI=1S/C25H30N6O5.C24H28N6O4/c1-16-18(4-3-7-26-16)24(33)29-25-28-21-19(23-27-8-9-31(23)25)5-6-20(22(21)34-2)36-15-17(32)14-30-10-12-35-13-11-30;1-15-17(5-3-8-25-15)23(32)28-24-27-20-18(22-26-9-12-30(22)24)6-7-19(21(20)33-2)34-14-16(31)13-29-10-4-11-29/h3-7,17,32H,8-15H2,1-2H3,(H,28,29,33);3,5-8,16,31H,4,9-14H2,1-2H3,(H,27,28,32)/t17-;16-/m01/s1. The zero-order chi connectivity index (χ0) is 48.7. The minimum Gasteiger partial charge on any atom is -0.491 e. The van der Waals surface area contributed by atoms with Gasteiger partial charge in [0.15, 0.2) is 23.0 Å². The quantitative estimate of drug-likeness (QED) is 0.142. The third kappa shape index (κ3) is 10.4. The van der Waals surface area contributed by atoms with Crippen molar-refractivity contribution in [3.63, 3.8) is 0 Å². The average molecular weight is 959 g/mol. The van der Waals surface area contributed by atoms with E-state index >= 15 is 0 Å². The number of methoxy groups -OCH3 is 2. The number of hydrogen-bond acceptors (Lipinski definition) is 19. The topological polar surface area (TPSA) is 233 Å². The van der Waals surface area contributed by atoms with Gasteiger partial charge in [0, 0.05) is 74.2 Å². The summed E-state index contributed by atoms with van der Waals surface area (Å²) in [5.74, 6) is 3.40. The van der Waals surface area contributed by atoms with Crippen LogP contribution in [-0.2, 0) is 4.74 Å². The number of likely N-dealkylation sites (tertiary alicyclic amines) is 1. The van der Waals surface area contributed by atoms with Crippen molar-refractivity contribution in [1.82, 2.24) is 40.2 Å². The SMILES string of the molecule is COc1c(OC[C@@H](O)CN2CCOCC2)ccc2c1N=C(NC(=O)c1cccnc1C)N1CCN=C21.COc1c(OC[C@H](O)CN2CCC2)ccc2c1N=C(NC(=O)c1cccnc1C)N1CCN=C21. The lowest BCUT2D eigenvalue weighted by Crippen LogP contribution is -2.47. The lowest BCUT2D eigenvalue weighted by Gasteiger charge is -2.32. The molecule has 0 radical (unpaired) electrons. The monoisotopic (exact) mass is 958 g/mol. The first-order valence-electron chi connectivity index (χ1n) is 23.4. The molecule has 0 unspecified atom stereocenters. The predicted octanol–water partition coefficient (Wildman–Crippen LogP) is 2.30. The molecule has 21 nitrogen and oxygen atoms in total. The summed E-state index contributed by atoms with van der Waals surface area (Å²) < 4.78 is 28.6. The van der Waals surface area contributed by atoms with Crippen molar-refractivity contribution in [1.29, 1.82) is 0 Å². The zero-order valence-electron chi connectivity index (χ0n) is 39.8. The van der Waals surface area contributed by atoms with Crippen LogP contribution in [0.25, 0.3) is 0 Å². The number of nitrogens with zero attached hydrogens (tertiary/aromatic N) is 10. The molecule has 2 atom stereocenters. The van der Waals surface area contributed by atoms with Crippen LogP contribution in [0.4, 0.5) is 11.4 Å². The van der Waals surface area contributed by atoms with E-state index in [0.29, 0.717) is 121 Å². The molecule has 10 rings (SSSR count). The van der Waals surface area contributed by atoms with Crippen LogP contribution < -0.4 is 29.6 Å². The van der Waals surface area contributed by atoms with Crippen LogP contribution in [0.2, 0.25) is 0 Å². The fourth-order valence-electron chi connectivity index (χ4n) is 8.81. The molecule has 0 saturated carbocycles. The normalized spacial score (nSPS) is 17.9. The van der Waals surface area contributed by atoms with Crippen molar-refractivity contribution in [3.05, 3.63) is 94.6 Å². The van der Waals surface area contributed by atoms with E-state index in [0.717, 1.165) is 49.0 Å². The van der Waals surface area contributed by atoms with Crippen LogP contribution in [0.5, 0.6) is 23.0 Å². The molecule has 70 heavy (non-hydrogen) atoms. The predicted molar refractivity (Wildman–Crippen MR) is 261 cm³/mol. The summed E-state index contributed by atoms with van der Waals surface area (Å²) in [6.45, 7) is 12.3. The van der Waals surface area contributed by atoms with E-state index in [-0.39, 0.29) is 25.0 Å². The molecule has 0 bridgehead atoms. The van der Waals surface area contributed by atoms with Gasteiger partial charge < -0.3 is 38.8 Å². The summed E-state index contributed by atoms with van der Waals surface area (Å²) >= 11 is 0. The Morgan fingerprint density at radius 3 is 1.53 bits per heavy atom. The fraction of sp³-hybridized carbons (Fsp3) is 0.429. The Balaban J connectivity index is 0.000000174. The Morgan fingerprint density at radius 2 is 1.11 bits per heavy atom. The average Bonchev–Trinajstić information content (AvgIpc) is 4.07. The zero-order valence-corrected chi connectivity index (χ0v) is 39.8. The summed E-state index contributed by atoms with van der Waals surface area (Å²) in [5, 5.41) is 26.7. The molecule has 8 heterocycles. The van der Waals surface area contributed by atoms with Gasteiger partial charge in [-0.3, -0.25) is 54.9 Å². The Morgan fingerprint density at radius 1 is 0.657 bits per heavy atom. The van der Waals surface area contributed by atoms with Gasteiger partial charge in [-0.25, -0.2) is 9.98 Å². The van der Waals surface area contributed by atoms with Gasteiger partial charge in [-0.15, -0.1) is 0 Å². The maximum absolute atomic E-state index is 13.0. The third-order valence-electron chi connectivity index (χ3n) is 12.5. The van der Waals surface area contributed by atoms with Gasteiger partial charge in [-0.05, 0) is 81.9 Å². The van der Waals surface area contributed by atoms with Crippen molar-refractivity contribution in [2.45, 2.75) is 32.5 Å². The van der Waals surface area contributed by atoms with Crippen molar-refractivity contribution in [2.75, 3.05) is 106 Å². The maximum atomic E-state index is 13.0. The molecule has 2 aromatic carbocycles. The Hall–Kier alpha value is -7.04. The third-order valence-corrected chi connectivity index (χ3v) is 12.5. The van der Waals surface area contributed by atoms with Crippen molar-refractivity contribution in [3.8, 4) is 23.0 Å². The van der Waals surface area contributed by atoms with Crippen LogP contribution in [0.1, 0.15) is 49.7 Å². The van der Waals surface area contributed by atoms with Gasteiger partial charge in [0.2, 0.25) is 11.9 Å². The second-order valence-corrected chi connectivity index (χ2v) is 17.2. The van der Waals surface area contributed by atoms with Gasteiger partial charge in [0.25, 0.3) is 11.8 Å². The van der Waals surface area contributed by atoms with Crippen LogP contribution in [-0.4, -0.2) is 193 Å². The number of carbonyl (C=O) groups is 2. The van der Waals surface area contributed by atoms with Gasteiger partial charge in [-0.2, -0.15) is 0 Å². The number of aliphatic imine (C=N–C) groups is 4. The number of β-amino-alcohol motifs (C(OH)–C–C–N with tert-alkyl or cyclic N) is 2. The Bertz CT molecular complexity index is 2720. The fourth-order valence-corrected chi connectivity index (χ4v) is 8.81. The second-order valence-electron chi connectivity index (χ2n) is 17.2. The number of aliphatic hydroxyl groups is 2. The van der Waals surface area contributed by atoms with E-state index in [4.69, 9.17) is 33.7 Å². The van der Waals surface area contributed by atoms with Crippen molar-refractivity contribution >= 4 is 46.8 Å². The molecule has 4 N–H and O–H groups in total. The van der Waals surface area contributed by atoms with E-state index in [1.54, 1.807) is 70.8 Å². The minimum atomic E-state index is -0.667. The number of carbonyl (C=O) groups excluding carboxylic acids is 2. The first kappa shape index (κ1) is 48.0. The summed E-state index contributed by atoms with van der Waals surface area (Å²) in [5.41, 5.74) is 4.87. The molecule has 6 aliphatic heterocycles. The molecule has 0 spiro atoms. The number of benzene rings is 2. The summed E-state index contributed by atoms with van der Waals surface area (Å²) in [6.07, 6.45) is 3.20. The second kappa shape index (κ2) is 21.7. The van der Waals surface area contributed by atoms with Crippen LogP contribution >= 0.6 is 0 Å². The smallest absolute Gasteiger partial charge is 0.259 e. The number of aromatic nitrogens is 2. The van der Waals surface area contributed by atoms with Crippen molar-refractivity contribution < 1.29 is 43.5 Å². The van der Waals surface area contributed by atoms with Crippen LogP contribution in [0, 0.1) is 13.8 Å². The highest BCUT2D eigenvalue weighted by atomic mass is 16.5. The van der Waals surface area contributed by atoms with Gasteiger partial charge in [0.05, 0.1) is 51.6 Å². The maximum Gasteiger partial charge on any atom is 0.259 e. The molecule has 2 saturated heterocycles. The van der Waals surface area contributed by atoms with E-state index < -0.39 is 12.2 Å². The van der Waals surface area contributed by atoms with Crippen LogP contribution in [0.15, 0.2) is 80.9 Å².